The average Bonchev–Trinajstić information content (AvgIpc) is 2.41. The van der Waals surface area contributed by atoms with Crippen LogP contribution in [-0.2, 0) is 9.53 Å². The molecule has 0 amide bonds. The molecule has 2 unspecified atom stereocenters. The van der Waals surface area contributed by atoms with E-state index in [2.05, 4.69) is 24.5 Å². The van der Waals surface area contributed by atoms with Crippen molar-refractivity contribution in [2.75, 3.05) is 20.2 Å². The Morgan fingerprint density at radius 3 is 2.67 bits per heavy atom. The van der Waals surface area contributed by atoms with Crippen LogP contribution in [0.15, 0.2) is 0 Å². The van der Waals surface area contributed by atoms with Crippen LogP contribution in [0.3, 0.4) is 0 Å². The molecule has 1 fully saturated rings. The molecular formula is C11H22N2O2. The van der Waals surface area contributed by atoms with Crippen molar-refractivity contribution < 1.29 is 9.53 Å². The lowest BCUT2D eigenvalue weighted by molar-refractivity contribution is -0.146. The van der Waals surface area contributed by atoms with Crippen LogP contribution in [0.2, 0.25) is 0 Å². The van der Waals surface area contributed by atoms with Gasteiger partial charge in [0, 0.05) is 12.1 Å². The van der Waals surface area contributed by atoms with Gasteiger partial charge in [0.1, 0.15) is 0 Å². The van der Waals surface area contributed by atoms with Crippen molar-refractivity contribution in [2.24, 2.45) is 5.92 Å². The Kier molecular flexibility index (Phi) is 5.05. The Morgan fingerprint density at radius 1 is 1.40 bits per heavy atom. The molecule has 4 nitrogen and oxygen atoms in total. The summed E-state index contributed by atoms with van der Waals surface area (Å²) in [5.74, 6) is -0.0933. The van der Waals surface area contributed by atoms with Gasteiger partial charge in [-0.1, -0.05) is 13.8 Å². The van der Waals surface area contributed by atoms with E-state index in [4.69, 9.17) is 4.74 Å². The standard InChI is InChI=1S/C11H22N2O2/c1-8(2)13-10-5-7-12-6-4-9(10)11(14)15-3/h8-10,12-13H,4-7H2,1-3H3. The van der Waals surface area contributed by atoms with E-state index in [-0.39, 0.29) is 17.9 Å². The van der Waals surface area contributed by atoms with Gasteiger partial charge in [0.2, 0.25) is 0 Å². The van der Waals surface area contributed by atoms with E-state index in [9.17, 15) is 4.79 Å². The third-order valence-electron chi connectivity index (χ3n) is 2.80. The van der Waals surface area contributed by atoms with Crippen LogP contribution in [0.1, 0.15) is 26.7 Å². The molecule has 1 aliphatic heterocycles. The van der Waals surface area contributed by atoms with Gasteiger partial charge in [-0.05, 0) is 25.9 Å². The largest absolute Gasteiger partial charge is 0.469 e. The average molecular weight is 214 g/mol. The number of hydrogen-bond donors (Lipinski definition) is 2. The summed E-state index contributed by atoms with van der Waals surface area (Å²) >= 11 is 0. The van der Waals surface area contributed by atoms with Gasteiger partial charge >= 0.3 is 5.97 Å². The minimum atomic E-state index is -0.0862. The number of methoxy groups -OCH3 is 1. The van der Waals surface area contributed by atoms with Gasteiger partial charge in [-0.15, -0.1) is 0 Å². The molecule has 15 heavy (non-hydrogen) atoms. The molecule has 0 spiro atoms. The topological polar surface area (TPSA) is 50.4 Å². The van der Waals surface area contributed by atoms with Crippen molar-refractivity contribution >= 4 is 5.97 Å². The Bertz CT molecular complexity index is 207. The molecule has 1 rings (SSSR count). The van der Waals surface area contributed by atoms with E-state index < -0.39 is 0 Å². The molecule has 1 aliphatic rings. The van der Waals surface area contributed by atoms with Gasteiger partial charge in [0.15, 0.2) is 0 Å². The van der Waals surface area contributed by atoms with E-state index in [1.54, 1.807) is 0 Å². The van der Waals surface area contributed by atoms with Gasteiger partial charge in [0.25, 0.3) is 0 Å². The second-order valence-corrected chi connectivity index (χ2v) is 4.38. The fourth-order valence-electron chi connectivity index (χ4n) is 2.10. The quantitative estimate of drug-likeness (QED) is 0.673. The molecule has 0 radical (unpaired) electrons. The normalized spacial score (nSPS) is 27.5. The molecule has 0 aromatic heterocycles. The SMILES string of the molecule is COC(=O)C1CCNCCC1NC(C)C. The van der Waals surface area contributed by atoms with Gasteiger partial charge in [-0.25, -0.2) is 0 Å². The van der Waals surface area contributed by atoms with Gasteiger partial charge in [0.05, 0.1) is 13.0 Å². The summed E-state index contributed by atoms with van der Waals surface area (Å²) in [5, 5.41) is 6.76. The molecule has 1 heterocycles. The highest BCUT2D eigenvalue weighted by Crippen LogP contribution is 2.16. The molecule has 1 saturated heterocycles. The number of carbonyl (C=O) groups is 1. The van der Waals surface area contributed by atoms with Crippen LogP contribution in [0.4, 0.5) is 0 Å². The van der Waals surface area contributed by atoms with Crippen molar-refractivity contribution in [1.29, 1.82) is 0 Å². The molecular weight excluding hydrogens is 192 g/mol. The van der Waals surface area contributed by atoms with Gasteiger partial charge < -0.3 is 15.4 Å². The van der Waals surface area contributed by atoms with E-state index in [0.29, 0.717) is 6.04 Å². The predicted molar refractivity (Wildman–Crippen MR) is 59.7 cm³/mol. The molecule has 0 aliphatic carbocycles. The Morgan fingerprint density at radius 2 is 2.07 bits per heavy atom. The van der Waals surface area contributed by atoms with Crippen molar-refractivity contribution in [3.63, 3.8) is 0 Å². The van der Waals surface area contributed by atoms with Gasteiger partial charge in [-0.2, -0.15) is 0 Å². The Labute approximate surface area is 91.8 Å². The fourth-order valence-corrected chi connectivity index (χ4v) is 2.10. The summed E-state index contributed by atoms with van der Waals surface area (Å²) in [7, 11) is 1.47. The Balaban J connectivity index is 2.62. The molecule has 4 heteroatoms. The van der Waals surface area contributed by atoms with Crippen LogP contribution in [0.25, 0.3) is 0 Å². The minimum absolute atomic E-state index is 0.00704. The third kappa shape index (κ3) is 3.80. The van der Waals surface area contributed by atoms with Crippen molar-refractivity contribution in [2.45, 2.75) is 38.8 Å². The summed E-state index contributed by atoms with van der Waals surface area (Å²) in [5.41, 5.74) is 0. The molecule has 0 aromatic carbocycles. The monoisotopic (exact) mass is 214 g/mol. The smallest absolute Gasteiger partial charge is 0.310 e. The zero-order chi connectivity index (χ0) is 11.3. The van der Waals surface area contributed by atoms with Crippen LogP contribution in [0.5, 0.6) is 0 Å². The maximum Gasteiger partial charge on any atom is 0.310 e. The summed E-state index contributed by atoms with van der Waals surface area (Å²) in [6, 6.07) is 0.646. The van der Waals surface area contributed by atoms with Gasteiger partial charge in [-0.3, -0.25) is 4.79 Å². The molecule has 2 N–H and O–H groups in total. The summed E-state index contributed by atoms with van der Waals surface area (Å²) in [4.78, 5) is 11.6. The molecule has 88 valence electrons. The lowest BCUT2D eigenvalue weighted by Gasteiger charge is -2.25. The van der Waals surface area contributed by atoms with Crippen molar-refractivity contribution in [3.05, 3.63) is 0 Å². The zero-order valence-corrected chi connectivity index (χ0v) is 9.88. The second kappa shape index (κ2) is 6.08. The maximum absolute atomic E-state index is 11.6. The van der Waals surface area contributed by atoms with Crippen LogP contribution >= 0.6 is 0 Å². The highest BCUT2D eigenvalue weighted by molar-refractivity contribution is 5.73. The van der Waals surface area contributed by atoms with Crippen molar-refractivity contribution in [1.82, 2.24) is 10.6 Å². The highest BCUT2D eigenvalue weighted by atomic mass is 16.5. The number of rotatable bonds is 3. The first-order valence-corrected chi connectivity index (χ1v) is 5.69. The van der Waals surface area contributed by atoms with E-state index in [0.717, 1.165) is 25.9 Å². The maximum atomic E-state index is 11.6. The molecule has 0 aromatic rings. The lowest BCUT2D eigenvalue weighted by atomic mass is 9.94. The van der Waals surface area contributed by atoms with E-state index in [1.165, 1.54) is 7.11 Å². The van der Waals surface area contributed by atoms with Crippen molar-refractivity contribution in [3.8, 4) is 0 Å². The summed E-state index contributed by atoms with van der Waals surface area (Å²) in [6.45, 7) is 6.08. The number of hydrogen-bond acceptors (Lipinski definition) is 4. The molecule has 2 atom stereocenters. The lowest BCUT2D eigenvalue weighted by Crippen LogP contribution is -2.43. The predicted octanol–water partition coefficient (Wildman–Crippen LogP) is 0.526. The second-order valence-electron chi connectivity index (χ2n) is 4.38. The van der Waals surface area contributed by atoms with Crippen LogP contribution in [0, 0.1) is 5.92 Å². The fraction of sp³-hybridized carbons (Fsp3) is 0.909. The molecule has 0 bridgehead atoms. The highest BCUT2D eigenvalue weighted by Gasteiger charge is 2.30. The number of nitrogens with one attached hydrogen (secondary N) is 2. The number of ether oxygens (including phenoxy) is 1. The minimum Gasteiger partial charge on any atom is -0.469 e. The first-order chi connectivity index (χ1) is 7.15. The number of carbonyl (C=O) groups excluding carboxylic acids is 1. The first-order valence-electron chi connectivity index (χ1n) is 5.69. The summed E-state index contributed by atoms with van der Waals surface area (Å²) in [6.07, 6.45) is 1.84. The number of esters is 1. The zero-order valence-electron chi connectivity index (χ0n) is 9.88. The Hall–Kier alpha value is -0.610. The van der Waals surface area contributed by atoms with E-state index in [1.807, 2.05) is 0 Å². The van der Waals surface area contributed by atoms with Crippen LogP contribution < -0.4 is 10.6 Å². The van der Waals surface area contributed by atoms with E-state index >= 15 is 0 Å². The third-order valence-corrected chi connectivity index (χ3v) is 2.80. The molecule has 0 saturated carbocycles. The first kappa shape index (κ1) is 12.5. The summed E-state index contributed by atoms with van der Waals surface area (Å²) < 4.78 is 4.85. The van der Waals surface area contributed by atoms with Crippen LogP contribution in [-0.4, -0.2) is 38.3 Å².